The van der Waals surface area contributed by atoms with E-state index in [0.717, 1.165) is 32.7 Å². The second kappa shape index (κ2) is 5.45. The van der Waals surface area contributed by atoms with Crippen LogP contribution >= 0.6 is 0 Å². The fraction of sp³-hybridized carbons (Fsp3) is 0.909. The maximum absolute atomic E-state index is 9.01. The van der Waals surface area contributed by atoms with E-state index in [9.17, 15) is 0 Å². The molecule has 1 aliphatic heterocycles. The van der Waals surface area contributed by atoms with Crippen molar-refractivity contribution in [3.63, 3.8) is 0 Å². The van der Waals surface area contributed by atoms with E-state index >= 15 is 0 Å². The van der Waals surface area contributed by atoms with Crippen LogP contribution in [0.15, 0.2) is 0 Å². The average molecular weight is 211 g/mol. The summed E-state index contributed by atoms with van der Waals surface area (Å²) in [6.45, 7) is 7.76. The molecular formula is C11H21N3O. The summed E-state index contributed by atoms with van der Waals surface area (Å²) in [4.78, 5) is 2.36. The summed E-state index contributed by atoms with van der Waals surface area (Å²) in [7, 11) is 1.84. The third-order valence-corrected chi connectivity index (χ3v) is 3.05. The molecule has 86 valence electrons. The highest BCUT2D eigenvalue weighted by Crippen LogP contribution is 2.11. The Morgan fingerprint density at radius 3 is 2.93 bits per heavy atom. The van der Waals surface area contributed by atoms with E-state index in [1.165, 1.54) is 0 Å². The highest BCUT2D eigenvalue weighted by atomic mass is 16.5. The van der Waals surface area contributed by atoms with Gasteiger partial charge in [0.15, 0.2) is 0 Å². The monoisotopic (exact) mass is 211 g/mol. The standard InChI is InChI=1S/C11H21N3O/c1-10-8-14(6-7-15-10)5-4-11(2,9-12)13-3/h10,13H,4-8H2,1-3H3. The first kappa shape index (κ1) is 12.4. The third kappa shape index (κ3) is 3.78. The van der Waals surface area contributed by atoms with Gasteiger partial charge in [-0.2, -0.15) is 5.26 Å². The van der Waals surface area contributed by atoms with Crippen molar-refractivity contribution < 1.29 is 4.74 Å². The van der Waals surface area contributed by atoms with E-state index in [1.807, 2.05) is 14.0 Å². The van der Waals surface area contributed by atoms with Crippen LogP contribution in [0.1, 0.15) is 20.3 Å². The molecule has 0 bridgehead atoms. The third-order valence-electron chi connectivity index (χ3n) is 3.05. The fourth-order valence-corrected chi connectivity index (χ4v) is 1.71. The Labute approximate surface area is 92.2 Å². The Morgan fingerprint density at radius 1 is 1.67 bits per heavy atom. The summed E-state index contributed by atoms with van der Waals surface area (Å²) >= 11 is 0. The van der Waals surface area contributed by atoms with E-state index in [-0.39, 0.29) is 0 Å². The largest absolute Gasteiger partial charge is 0.376 e. The van der Waals surface area contributed by atoms with Gasteiger partial charge in [0.2, 0.25) is 0 Å². The van der Waals surface area contributed by atoms with E-state index in [0.29, 0.717) is 6.10 Å². The van der Waals surface area contributed by atoms with E-state index in [4.69, 9.17) is 10.00 Å². The van der Waals surface area contributed by atoms with Crippen LogP contribution in [0.2, 0.25) is 0 Å². The lowest BCUT2D eigenvalue weighted by Crippen LogP contribution is -2.46. The van der Waals surface area contributed by atoms with Gasteiger partial charge in [-0.05, 0) is 27.3 Å². The van der Waals surface area contributed by atoms with Crippen molar-refractivity contribution in [2.45, 2.75) is 31.9 Å². The zero-order valence-electron chi connectivity index (χ0n) is 9.92. The molecule has 1 aliphatic rings. The Bertz CT molecular complexity index is 238. The molecule has 0 aromatic carbocycles. The van der Waals surface area contributed by atoms with Gasteiger partial charge in [-0.1, -0.05) is 0 Å². The van der Waals surface area contributed by atoms with E-state index in [1.54, 1.807) is 0 Å². The van der Waals surface area contributed by atoms with Crippen molar-refractivity contribution in [2.75, 3.05) is 33.3 Å². The first-order valence-corrected chi connectivity index (χ1v) is 5.54. The molecule has 1 fully saturated rings. The topological polar surface area (TPSA) is 48.3 Å². The molecule has 0 aliphatic carbocycles. The zero-order valence-corrected chi connectivity index (χ0v) is 9.92. The molecule has 4 nitrogen and oxygen atoms in total. The molecule has 1 heterocycles. The van der Waals surface area contributed by atoms with Crippen LogP contribution in [0.25, 0.3) is 0 Å². The van der Waals surface area contributed by atoms with Gasteiger partial charge in [0, 0.05) is 19.6 Å². The molecule has 0 radical (unpaired) electrons. The summed E-state index contributed by atoms with van der Waals surface area (Å²) in [6, 6.07) is 2.31. The fourth-order valence-electron chi connectivity index (χ4n) is 1.71. The average Bonchev–Trinajstić information content (AvgIpc) is 2.26. The minimum absolute atomic E-state index is 0.321. The van der Waals surface area contributed by atoms with Crippen LogP contribution in [0.5, 0.6) is 0 Å². The van der Waals surface area contributed by atoms with Crippen molar-refractivity contribution in [3.05, 3.63) is 0 Å². The Balaban J connectivity index is 2.33. The summed E-state index contributed by atoms with van der Waals surface area (Å²) in [5.74, 6) is 0. The molecule has 0 amide bonds. The maximum Gasteiger partial charge on any atom is 0.104 e. The van der Waals surface area contributed by atoms with Crippen molar-refractivity contribution in [3.8, 4) is 6.07 Å². The van der Waals surface area contributed by atoms with Gasteiger partial charge < -0.3 is 10.1 Å². The predicted octanol–water partition coefficient (Wildman–Crippen LogP) is 0.599. The number of hydrogen-bond acceptors (Lipinski definition) is 4. The number of nitriles is 1. The van der Waals surface area contributed by atoms with Crippen molar-refractivity contribution >= 4 is 0 Å². The molecule has 0 aromatic heterocycles. The second-order valence-electron chi connectivity index (χ2n) is 4.43. The summed E-state index contributed by atoms with van der Waals surface area (Å²) in [5.41, 5.74) is -0.401. The minimum Gasteiger partial charge on any atom is -0.376 e. The number of rotatable bonds is 4. The SMILES string of the molecule is CNC(C)(C#N)CCN1CCOC(C)C1. The number of morpholine rings is 1. The van der Waals surface area contributed by atoms with Gasteiger partial charge >= 0.3 is 0 Å². The van der Waals surface area contributed by atoms with Crippen LogP contribution in [0.3, 0.4) is 0 Å². The van der Waals surface area contributed by atoms with Crippen molar-refractivity contribution in [1.29, 1.82) is 5.26 Å². The number of ether oxygens (including phenoxy) is 1. The zero-order chi connectivity index (χ0) is 11.3. The van der Waals surface area contributed by atoms with Gasteiger partial charge in [0.25, 0.3) is 0 Å². The molecule has 1 N–H and O–H groups in total. The molecule has 2 unspecified atom stereocenters. The van der Waals surface area contributed by atoms with Gasteiger partial charge in [-0.3, -0.25) is 4.90 Å². The molecule has 0 saturated carbocycles. The van der Waals surface area contributed by atoms with Gasteiger partial charge in [0.1, 0.15) is 5.54 Å². The van der Waals surface area contributed by atoms with Crippen LogP contribution in [0.4, 0.5) is 0 Å². The first-order chi connectivity index (χ1) is 7.09. The Hall–Kier alpha value is -0.630. The van der Waals surface area contributed by atoms with Crippen molar-refractivity contribution in [2.24, 2.45) is 0 Å². The van der Waals surface area contributed by atoms with Crippen LogP contribution < -0.4 is 5.32 Å². The molecule has 1 rings (SSSR count). The van der Waals surface area contributed by atoms with Gasteiger partial charge in [-0.15, -0.1) is 0 Å². The first-order valence-electron chi connectivity index (χ1n) is 5.54. The second-order valence-corrected chi connectivity index (χ2v) is 4.43. The van der Waals surface area contributed by atoms with Gasteiger partial charge in [0.05, 0.1) is 18.8 Å². The molecule has 15 heavy (non-hydrogen) atoms. The molecule has 1 saturated heterocycles. The highest BCUT2D eigenvalue weighted by Gasteiger charge is 2.24. The molecule has 2 atom stereocenters. The van der Waals surface area contributed by atoms with Crippen LogP contribution in [0, 0.1) is 11.3 Å². The maximum atomic E-state index is 9.01. The lowest BCUT2D eigenvalue weighted by Gasteiger charge is -2.33. The van der Waals surface area contributed by atoms with Crippen molar-refractivity contribution in [1.82, 2.24) is 10.2 Å². The Morgan fingerprint density at radius 2 is 2.40 bits per heavy atom. The molecule has 0 aromatic rings. The summed E-state index contributed by atoms with van der Waals surface area (Å²) in [5, 5.41) is 12.1. The van der Waals surface area contributed by atoms with E-state index in [2.05, 4.69) is 23.2 Å². The lowest BCUT2D eigenvalue weighted by atomic mass is 10.00. The lowest BCUT2D eigenvalue weighted by molar-refractivity contribution is -0.0197. The van der Waals surface area contributed by atoms with Gasteiger partial charge in [-0.25, -0.2) is 0 Å². The number of nitrogens with one attached hydrogen (secondary N) is 1. The minimum atomic E-state index is -0.401. The molecule has 4 heteroatoms. The highest BCUT2D eigenvalue weighted by molar-refractivity contribution is 5.03. The van der Waals surface area contributed by atoms with E-state index < -0.39 is 5.54 Å². The normalized spacial score (nSPS) is 26.9. The summed E-state index contributed by atoms with van der Waals surface area (Å²) in [6.07, 6.45) is 1.17. The number of nitrogens with zero attached hydrogens (tertiary/aromatic N) is 2. The van der Waals surface area contributed by atoms with Crippen LogP contribution in [-0.2, 0) is 4.74 Å². The molecule has 0 spiro atoms. The summed E-state index contributed by atoms with van der Waals surface area (Å²) < 4.78 is 5.47. The predicted molar refractivity (Wildman–Crippen MR) is 59.5 cm³/mol. The number of hydrogen-bond donors (Lipinski definition) is 1. The Kier molecular flexibility index (Phi) is 4.52. The van der Waals surface area contributed by atoms with Crippen LogP contribution in [-0.4, -0.2) is 49.8 Å². The smallest absolute Gasteiger partial charge is 0.104 e. The molecular weight excluding hydrogens is 190 g/mol. The quantitative estimate of drug-likeness (QED) is 0.739.